The molecule has 1 fully saturated rings. The fourth-order valence-electron chi connectivity index (χ4n) is 1.56. The molecule has 1 saturated heterocycles. The van der Waals surface area contributed by atoms with Crippen LogP contribution in [0.4, 0.5) is 0 Å². The zero-order chi connectivity index (χ0) is 10.8. The van der Waals surface area contributed by atoms with Crippen molar-refractivity contribution in [2.45, 2.75) is 6.92 Å². The zero-order valence-electron chi connectivity index (χ0n) is 8.82. The first kappa shape index (κ1) is 10.1. The molecule has 2 rings (SSSR count). The molecule has 2 heteroatoms. The number of hydrogen-bond acceptors (Lipinski definition) is 2. The molecule has 1 aliphatic heterocycles. The Morgan fingerprint density at radius 1 is 1.40 bits per heavy atom. The van der Waals surface area contributed by atoms with Gasteiger partial charge in [0, 0.05) is 5.56 Å². The molecule has 0 N–H and O–H groups in total. The summed E-state index contributed by atoms with van der Waals surface area (Å²) >= 11 is 0. The van der Waals surface area contributed by atoms with Crippen molar-refractivity contribution in [3.05, 3.63) is 42.0 Å². The Bertz CT molecular complexity index is 403. The average Bonchev–Trinajstić information content (AvgIpc) is 2.15. The molecule has 78 valence electrons. The number of allylic oxidation sites excluding steroid dienone is 1. The molecule has 0 aromatic heterocycles. The molecule has 0 bridgehead atoms. The molecule has 1 heterocycles. The highest BCUT2D eigenvalue weighted by atomic mass is 16.5. The van der Waals surface area contributed by atoms with Gasteiger partial charge >= 0.3 is 0 Å². The summed E-state index contributed by atoms with van der Waals surface area (Å²) in [7, 11) is 0. The molecule has 15 heavy (non-hydrogen) atoms. The molecule has 1 aromatic carbocycles. The molecule has 0 radical (unpaired) electrons. The molecule has 0 aliphatic carbocycles. The first-order valence-electron chi connectivity index (χ1n) is 5.06. The van der Waals surface area contributed by atoms with E-state index in [1.165, 1.54) is 0 Å². The fraction of sp³-hybridized carbons (Fsp3) is 0.308. The lowest BCUT2D eigenvalue weighted by atomic mass is 9.94. The molecule has 0 saturated carbocycles. The predicted molar refractivity (Wildman–Crippen MR) is 59.8 cm³/mol. The normalized spacial score (nSPS) is 15.8. The molecule has 0 amide bonds. The molecule has 0 unspecified atom stereocenters. The van der Waals surface area contributed by atoms with Crippen LogP contribution >= 0.6 is 0 Å². The van der Waals surface area contributed by atoms with Crippen molar-refractivity contribution in [2.24, 2.45) is 5.92 Å². The highest BCUT2D eigenvalue weighted by Gasteiger charge is 2.27. The SMILES string of the molecule is C=C(C)c1cccc(C(=O)C2COC2)c1. The van der Waals surface area contributed by atoms with Crippen LogP contribution in [0.3, 0.4) is 0 Å². The van der Waals surface area contributed by atoms with E-state index in [0.29, 0.717) is 13.2 Å². The number of carbonyl (C=O) groups is 1. The van der Waals surface area contributed by atoms with Gasteiger partial charge in [0.25, 0.3) is 0 Å². The van der Waals surface area contributed by atoms with E-state index < -0.39 is 0 Å². The molecular formula is C13H14O2. The van der Waals surface area contributed by atoms with E-state index >= 15 is 0 Å². The summed E-state index contributed by atoms with van der Waals surface area (Å²) in [5.41, 5.74) is 2.78. The van der Waals surface area contributed by atoms with Gasteiger partial charge < -0.3 is 4.74 Å². The molecule has 0 spiro atoms. The minimum atomic E-state index is 0.0605. The number of Topliss-reactive ketones (excluding diaryl/α,β-unsaturated/α-hetero) is 1. The Hall–Kier alpha value is -1.41. The van der Waals surface area contributed by atoms with Crippen LogP contribution in [-0.2, 0) is 4.74 Å². The fourth-order valence-corrected chi connectivity index (χ4v) is 1.56. The Kier molecular flexibility index (Phi) is 2.69. The van der Waals surface area contributed by atoms with Crippen LogP contribution in [-0.4, -0.2) is 19.0 Å². The summed E-state index contributed by atoms with van der Waals surface area (Å²) in [6, 6.07) is 7.63. The van der Waals surface area contributed by atoms with Crippen molar-refractivity contribution < 1.29 is 9.53 Å². The standard InChI is InChI=1S/C13H14O2/c1-9(2)10-4-3-5-11(6-10)13(14)12-7-15-8-12/h3-6,12H,1,7-8H2,2H3. The van der Waals surface area contributed by atoms with E-state index in [4.69, 9.17) is 4.74 Å². The second-order valence-electron chi connectivity index (χ2n) is 3.96. The maximum absolute atomic E-state index is 11.9. The predicted octanol–water partition coefficient (Wildman–Crippen LogP) is 2.55. The van der Waals surface area contributed by atoms with Gasteiger partial charge in [-0.05, 0) is 18.6 Å². The molecular weight excluding hydrogens is 188 g/mol. The minimum absolute atomic E-state index is 0.0605. The second kappa shape index (κ2) is 3.99. The smallest absolute Gasteiger partial charge is 0.170 e. The number of hydrogen-bond donors (Lipinski definition) is 0. The largest absolute Gasteiger partial charge is 0.380 e. The third-order valence-corrected chi connectivity index (χ3v) is 2.65. The van der Waals surface area contributed by atoms with Crippen molar-refractivity contribution in [3.63, 3.8) is 0 Å². The van der Waals surface area contributed by atoms with E-state index in [0.717, 1.165) is 16.7 Å². The lowest BCUT2D eigenvalue weighted by Gasteiger charge is -2.24. The Labute approximate surface area is 89.6 Å². The van der Waals surface area contributed by atoms with Crippen molar-refractivity contribution in [1.82, 2.24) is 0 Å². The number of carbonyl (C=O) groups excluding carboxylic acids is 1. The van der Waals surface area contributed by atoms with Crippen LogP contribution in [0, 0.1) is 5.92 Å². The highest BCUT2D eigenvalue weighted by Crippen LogP contribution is 2.19. The van der Waals surface area contributed by atoms with Gasteiger partial charge in [-0.1, -0.05) is 30.4 Å². The van der Waals surface area contributed by atoms with Gasteiger partial charge in [-0.3, -0.25) is 4.79 Å². The van der Waals surface area contributed by atoms with Gasteiger partial charge in [0.15, 0.2) is 5.78 Å². The summed E-state index contributed by atoms with van der Waals surface area (Å²) in [6.07, 6.45) is 0. The molecule has 0 atom stereocenters. The number of ketones is 1. The van der Waals surface area contributed by atoms with Gasteiger partial charge in [-0.25, -0.2) is 0 Å². The summed E-state index contributed by atoms with van der Waals surface area (Å²) < 4.78 is 5.02. The zero-order valence-corrected chi connectivity index (χ0v) is 8.82. The van der Waals surface area contributed by atoms with Crippen LogP contribution in [0.15, 0.2) is 30.8 Å². The lowest BCUT2D eigenvalue weighted by Crippen LogP contribution is -2.34. The summed E-state index contributed by atoms with van der Waals surface area (Å²) in [5, 5.41) is 0. The van der Waals surface area contributed by atoms with Gasteiger partial charge in [-0.2, -0.15) is 0 Å². The summed E-state index contributed by atoms with van der Waals surface area (Å²) in [5.74, 6) is 0.245. The van der Waals surface area contributed by atoms with E-state index in [1.54, 1.807) is 0 Å². The number of benzene rings is 1. The van der Waals surface area contributed by atoms with Crippen molar-refractivity contribution in [3.8, 4) is 0 Å². The van der Waals surface area contributed by atoms with Crippen LogP contribution in [0.25, 0.3) is 5.57 Å². The summed E-state index contributed by atoms with van der Waals surface area (Å²) in [6.45, 7) is 6.94. The van der Waals surface area contributed by atoms with Gasteiger partial charge in [0.2, 0.25) is 0 Å². The molecule has 1 aliphatic rings. The van der Waals surface area contributed by atoms with Gasteiger partial charge in [0.1, 0.15) is 0 Å². The molecule has 2 nitrogen and oxygen atoms in total. The second-order valence-corrected chi connectivity index (χ2v) is 3.96. The third-order valence-electron chi connectivity index (χ3n) is 2.65. The van der Waals surface area contributed by atoms with Crippen LogP contribution in [0.1, 0.15) is 22.8 Å². The average molecular weight is 202 g/mol. The highest BCUT2D eigenvalue weighted by molar-refractivity contribution is 5.99. The maximum Gasteiger partial charge on any atom is 0.170 e. The molecule has 1 aromatic rings. The van der Waals surface area contributed by atoms with Gasteiger partial charge in [-0.15, -0.1) is 0 Å². The lowest BCUT2D eigenvalue weighted by molar-refractivity contribution is -0.0194. The van der Waals surface area contributed by atoms with Crippen molar-refractivity contribution >= 4 is 11.4 Å². The van der Waals surface area contributed by atoms with Crippen LogP contribution < -0.4 is 0 Å². The summed E-state index contributed by atoms with van der Waals surface area (Å²) in [4.78, 5) is 11.9. The Balaban J connectivity index is 2.23. The van der Waals surface area contributed by atoms with E-state index in [-0.39, 0.29) is 11.7 Å². The van der Waals surface area contributed by atoms with E-state index in [1.807, 2.05) is 31.2 Å². The van der Waals surface area contributed by atoms with E-state index in [2.05, 4.69) is 6.58 Å². The van der Waals surface area contributed by atoms with Crippen LogP contribution in [0.2, 0.25) is 0 Å². The number of rotatable bonds is 3. The maximum atomic E-state index is 11.9. The Morgan fingerprint density at radius 3 is 2.60 bits per heavy atom. The first-order chi connectivity index (χ1) is 7.18. The topological polar surface area (TPSA) is 26.3 Å². The van der Waals surface area contributed by atoms with E-state index in [9.17, 15) is 4.79 Å². The number of ether oxygens (including phenoxy) is 1. The van der Waals surface area contributed by atoms with Gasteiger partial charge in [0.05, 0.1) is 19.1 Å². The first-order valence-corrected chi connectivity index (χ1v) is 5.06. The van der Waals surface area contributed by atoms with Crippen molar-refractivity contribution in [1.29, 1.82) is 0 Å². The van der Waals surface area contributed by atoms with Crippen LogP contribution in [0.5, 0.6) is 0 Å². The monoisotopic (exact) mass is 202 g/mol. The van der Waals surface area contributed by atoms with Crippen molar-refractivity contribution in [2.75, 3.05) is 13.2 Å². The minimum Gasteiger partial charge on any atom is -0.380 e. The third kappa shape index (κ3) is 2.00. The quantitative estimate of drug-likeness (QED) is 0.704. The Morgan fingerprint density at radius 2 is 2.07 bits per heavy atom.